The van der Waals surface area contributed by atoms with Crippen LogP contribution in [-0.2, 0) is 9.59 Å². The third-order valence-electron chi connectivity index (χ3n) is 4.57. The monoisotopic (exact) mass is 450 g/mol. The third-order valence-corrected chi connectivity index (χ3v) is 5.95. The molecular weight excluding hydrogens is 434 g/mol. The normalized spacial score (nSPS) is 15.0. The number of aromatic nitrogens is 2. The van der Waals surface area contributed by atoms with Gasteiger partial charge in [-0.25, -0.2) is 4.68 Å². The van der Waals surface area contributed by atoms with Crippen molar-refractivity contribution in [3.63, 3.8) is 0 Å². The lowest BCUT2D eigenvalue weighted by atomic mass is 10.1. The van der Waals surface area contributed by atoms with Crippen LogP contribution in [-0.4, -0.2) is 44.5 Å². The predicted octanol–water partition coefficient (Wildman–Crippen LogP) is 2.50. The largest absolute Gasteiger partial charge is 0.548 e. The molecule has 31 heavy (non-hydrogen) atoms. The highest BCUT2D eigenvalue weighted by atomic mass is 32.2. The Hall–Kier alpha value is -3.43. The first-order valence-electron chi connectivity index (χ1n) is 9.21. The quantitative estimate of drug-likeness (QED) is 0.421. The molecule has 1 aliphatic heterocycles. The summed E-state index contributed by atoms with van der Waals surface area (Å²) in [5.74, 6) is -1.11. The van der Waals surface area contributed by atoms with Crippen molar-refractivity contribution < 1.29 is 19.4 Å². The molecule has 4 rings (SSSR count). The standard InChI is InChI=1S/C22H17N3O4S2/c1-29-17-9-7-14(8-10-17)20-15(12-25(23-20)16-5-3-2-4-6-16)11-18-21(28)24(13-19(26)27)22(30)31-18/h2-12H,13H2,1H3,(H,26,27)/p-1/b18-11-. The Morgan fingerprint density at radius 1 is 1.19 bits per heavy atom. The molecule has 0 bridgehead atoms. The summed E-state index contributed by atoms with van der Waals surface area (Å²) in [6, 6.07) is 17.0. The Morgan fingerprint density at radius 3 is 2.55 bits per heavy atom. The lowest BCUT2D eigenvalue weighted by Crippen LogP contribution is -2.40. The van der Waals surface area contributed by atoms with Gasteiger partial charge >= 0.3 is 0 Å². The van der Waals surface area contributed by atoms with Gasteiger partial charge < -0.3 is 14.6 Å². The molecule has 0 unspecified atom stereocenters. The molecule has 3 aromatic rings. The van der Waals surface area contributed by atoms with Gasteiger partial charge in [0, 0.05) is 17.3 Å². The van der Waals surface area contributed by atoms with Gasteiger partial charge in [-0.1, -0.05) is 42.2 Å². The molecule has 2 heterocycles. The van der Waals surface area contributed by atoms with Gasteiger partial charge in [0.15, 0.2) is 0 Å². The Labute approximate surface area is 187 Å². The molecule has 1 saturated heterocycles. The molecule has 0 spiro atoms. The van der Waals surface area contributed by atoms with Crippen LogP contribution in [0.25, 0.3) is 23.0 Å². The Kier molecular flexibility index (Phi) is 5.88. The molecule has 1 fully saturated rings. The molecule has 156 valence electrons. The maximum Gasteiger partial charge on any atom is 0.266 e. The highest BCUT2D eigenvalue weighted by Gasteiger charge is 2.32. The summed E-state index contributed by atoms with van der Waals surface area (Å²) in [6.07, 6.45) is 3.50. The van der Waals surface area contributed by atoms with E-state index in [9.17, 15) is 14.7 Å². The first kappa shape index (κ1) is 20.8. The lowest BCUT2D eigenvalue weighted by molar-refractivity contribution is -0.305. The number of benzene rings is 2. The predicted molar refractivity (Wildman–Crippen MR) is 120 cm³/mol. The topological polar surface area (TPSA) is 87.5 Å². The van der Waals surface area contributed by atoms with Crippen molar-refractivity contribution in [2.45, 2.75) is 0 Å². The smallest absolute Gasteiger partial charge is 0.266 e. The van der Waals surface area contributed by atoms with Crippen LogP contribution in [0.3, 0.4) is 0 Å². The number of ether oxygens (including phenoxy) is 1. The first-order chi connectivity index (χ1) is 15.0. The SMILES string of the molecule is COc1ccc(-c2nn(-c3ccccc3)cc2/C=C2\SC(=S)N(CC(=O)[O-])C2=O)cc1. The van der Waals surface area contributed by atoms with Crippen molar-refractivity contribution in [1.29, 1.82) is 0 Å². The molecule has 1 amide bonds. The minimum Gasteiger partial charge on any atom is -0.548 e. The van der Waals surface area contributed by atoms with Gasteiger partial charge in [-0.3, -0.25) is 9.69 Å². The van der Waals surface area contributed by atoms with E-state index in [4.69, 9.17) is 22.1 Å². The second kappa shape index (κ2) is 8.75. The fourth-order valence-corrected chi connectivity index (χ4v) is 4.33. The molecule has 0 aliphatic carbocycles. The molecule has 0 atom stereocenters. The molecule has 0 radical (unpaired) electrons. The molecule has 9 heteroatoms. The van der Waals surface area contributed by atoms with Crippen molar-refractivity contribution in [2.75, 3.05) is 13.7 Å². The Morgan fingerprint density at radius 2 is 1.90 bits per heavy atom. The maximum atomic E-state index is 12.7. The molecule has 0 N–H and O–H groups in total. The average Bonchev–Trinajstić information content (AvgIpc) is 3.31. The van der Waals surface area contributed by atoms with Crippen LogP contribution in [0, 0.1) is 0 Å². The number of aliphatic carboxylic acids is 1. The molecule has 1 aliphatic rings. The summed E-state index contributed by atoms with van der Waals surface area (Å²) in [7, 11) is 1.60. The number of carbonyl (C=O) groups is 2. The molecular formula is C22H16N3O4S2-. The zero-order chi connectivity index (χ0) is 22.0. The zero-order valence-electron chi connectivity index (χ0n) is 16.3. The van der Waals surface area contributed by atoms with Crippen LogP contribution in [0.15, 0.2) is 65.7 Å². The second-order valence-corrected chi connectivity index (χ2v) is 8.26. The molecule has 0 saturated carbocycles. The number of carboxylic acid groups (broad SMARTS) is 1. The number of nitrogens with zero attached hydrogens (tertiary/aromatic N) is 3. The number of hydrogen-bond acceptors (Lipinski definition) is 7. The van der Waals surface area contributed by atoms with E-state index >= 15 is 0 Å². The van der Waals surface area contributed by atoms with Crippen LogP contribution in [0.2, 0.25) is 0 Å². The number of para-hydroxylation sites is 1. The average molecular weight is 451 g/mol. The summed E-state index contributed by atoms with van der Waals surface area (Å²) in [5.41, 5.74) is 3.06. The molecule has 2 aromatic carbocycles. The van der Waals surface area contributed by atoms with Gasteiger partial charge in [-0.15, -0.1) is 0 Å². The number of thioether (sulfide) groups is 1. The summed E-state index contributed by atoms with van der Waals surface area (Å²) in [6.45, 7) is -0.573. The highest BCUT2D eigenvalue weighted by Crippen LogP contribution is 2.35. The van der Waals surface area contributed by atoms with E-state index in [-0.39, 0.29) is 4.32 Å². The third kappa shape index (κ3) is 4.37. The van der Waals surface area contributed by atoms with Crippen molar-refractivity contribution >= 4 is 46.3 Å². The molecule has 7 nitrogen and oxygen atoms in total. The second-order valence-electron chi connectivity index (χ2n) is 6.58. The summed E-state index contributed by atoms with van der Waals surface area (Å²) in [4.78, 5) is 25.0. The number of hydrogen-bond donors (Lipinski definition) is 0. The van der Waals surface area contributed by atoms with E-state index in [1.807, 2.05) is 60.8 Å². The number of amides is 1. The minimum atomic E-state index is -1.37. The van der Waals surface area contributed by atoms with Gasteiger partial charge in [-0.05, 0) is 42.5 Å². The van der Waals surface area contributed by atoms with Crippen molar-refractivity contribution in [1.82, 2.24) is 14.7 Å². The van der Waals surface area contributed by atoms with E-state index < -0.39 is 18.4 Å². The van der Waals surface area contributed by atoms with Gasteiger partial charge in [-0.2, -0.15) is 5.10 Å². The van der Waals surface area contributed by atoms with Gasteiger partial charge in [0.1, 0.15) is 10.1 Å². The Balaban J connectivity index is 1.78. The lowest BCUT2D eigenvalue weighted by Gasteiger charge is -2.14. The van der Waals surface area contributed by atoms with Crippen LogP contribution in [0.5, 0.6) is 5.75 Å². The number of methoxy groups -OCH3 is 1. The van der Waals surface area contributed by atoms with Crippen LogP contribution < -0.4 is 9.84 Å². The van der Waals surface area contributed by atoms with Crippen molar-refractivity contribution in [2.24, 2.45) is 0 Å². The van der Waals surface area contributed by atoms with E-state index in [0.29, 0.717) is 16.2 Å². The fourth-order valence-electron chi connectivity index (χ4n) is 3.09. The number of thiocarbonyl (C=S) groups is 1. The Bertz CT molecular complexity index is 1190. The minimum absolute atomic E-state index is 0.182. The summed E-state index contributed by atoms with van der Waals surface area (Å²) < 4.78 is 7.14. The summed E-state index contributed by atoms with van der Waals surface area (Å²) >= 11 is 6.22. The van der Waals surface area contributed by atoms with Gasteiger partial charge in [0.25, 0.3) is 5.91 Å². The maximum absolute atomic E-state index is 12.7. The zero-order valence-corrected chi connectivity index (χ0v) is 18.0. The van der Waals surface area contributed by atoms with Gasteiger partial charge in [0.2, 0.25) is 0 Å². The van der Waals surface area contributed by atoms with Crippen molar-refractivity contribution in [3.05, 3.63) is 71.3 Å². The highest BCUT2D eigenvalue weighted by molar-refractivity contribution is 8.26. The molecule has 1 aromatic heterocycles. The number of carbonyl (C=O) groups excluding carboxylic acids is 2. The van der Waals surface area contributed by atoms with Crippen LogP contribution in [0.4, 0.5) is 0 Å². The first-order valence-corrected chi connectivity index (χ1v) is 10.4. The van der Waals surface area contributed by atoms with Crippen LogP contribution in [0.1, 0.15) is 5.56 Å². The van der Waals surface area contributed by atoms with E-state index in [1.165, 1.54) is 0 Å². The van der Waals surface area contributed by atoms with Crippen molar-refractivity contribution in [3.8, 4) is 22.7 Å². The fraction of sp³-hybridized carbons (Fsp3) is 0.0909. The van der Waals surface area contributed by atoms with Crippen LogP contribution >= 0.6 is 24.0 Å². The number of carboxylic acids is 1. The summed E-state index contributed by atoms with van der Waals surface area (Å²) in [5, 5.41) is 15.7. The van der Waals surface area contributed by atoms with Gasteiger partial charge in [0.05, 0.1) is 35.9 Å². The van der Waals surface area contributed by atoms with E-state index in [2.05, 4.69) is 0 Å². The van der Waals surface area contributed by atoms with E-state index in [1.54, 1.807) is 17.9 Å². The van der Waals surface area contributed by atoms with E-state index in [0.717, 1.165) is 33.7 Å². The number of rotatable bonds is 6.